The predicted octanol–water partition coefficient (Wildman–Crippen LogP) is 6.15. The lowest BCUT2D eigenvalue weighted by Crippen LogP contribution is -2.44. The number of ether oxygens (including phenoxy) is 1. The predicted molar refractivity (Wildman–Crippen MR) is 147 cm³/mol. The molecule has 0 radical (unpaired) electrons. The molecule has 1 fully saturated rings. The molecule has 6 nitrogen and oxygen atoms in total. The van der Waals surface area contributed by atoms with E-state index >= 15 is 0 Å². The minimum absolute atomic E-state index is 0.0765. The van der Waals surface area contributed by atoms with Crippen molar-refractivity contribution in [2.45, 2.75) is 72.4 Å². The zero-order valence-electron chi connectivity index (χ0n) is 22.1. The number of aryl methyl sites for hydroxylation is 3. The number of nitrogens with one attached hydrogen (secondary N) is 2. The summed E-state index contributed by atoms with van der Waals surface area (Å²) >= 11 is 0. The van der Waals surface area contributed by atoms with E-state index in [1.165, 1.54) is 6.92 Å². The molecule has 6 heteroatoms. The Hall–Kier alpha value is -3.67. The lowest BCUT2D eigenvalue weighted by molar-refractivity contribution is -0.151. The van der Waals surface area contributed by atoms with E-state index in [2.05, 4.69) is 22.8 Å². The fourth-order valence-corrected chi connectivity index (χ4v) is 5.44. The Balaban J connectivity index is 1.62. The van der Waals surface area contributed by atoms with E-state index in [0.29, 0.717) is 11.3 Å². The average molecular weight is 501 g/mol. The van der Waals surface area contributed by atoms with Gasteiger partial charge in [0.1, 0.15) is 0 Å². The number of hydrogen-bond donors (Lipinski definition) is 2. The van der Waals surface area contributed by atoms with E-state index in [1.54, 1.807) is 6.07 Å². The van der Waals surface area contributed by atoms with Crippen LogP contribution in [0.4, 0.5) is 5.69 Å². The maximum atomic E-state index is 13.6. The van der Waals surface area contributed by atoms with Gasteiger partial charge in [0.2, 0.25) is 5.91 Å². The SMILES string of the molecule is CC(=O)O[C@H](NC(=O)c1cc2ccccc2cc1NC(=O)Cc1c(C)cc(C)cc1C)C1CCCCC1. The van der Waals surface area contributed by atoms with E-state index in [0.717, 1.165) is 65.1 Å². The highest BCUT2D eigenvalue weighted by atomic mass is 16.6. The summed E-state index contributed by atoms with van der Waals surface area (Å²) in [5.41, 5.74) is 5.07. The van der Waals surface area contributed by atoms with Gasteiger partial charge in [-0.3, -0.25) is 14.4 Å². The van der Waals surface area contributed by atoms with Crippen LogP contribution in [0.15, 0.2) is 48.5 Å². The van der Waals surface area contributed by atoms with Crippen molar-refractivity contribution in [2.24, 2.45) is 5.92 Å². The van der Waals surface area contributed by atoms with Gasteiger partial charge in [-0.25, -0.2) is 0 Å². The number of fused-ring (bicyclic) bond motifs is 1. The van der Waals surface area contributed by atoms with Gasteiger partial charge < -0.3 is 15.4 Å². The first kappa shape index (κ1) is 26.4. The summed E-state index contributed by atoms with van der Waals surface area (Å²) in [6, 6.07) is 15.5. The second kappa shape index (κ2) is 11.6. The molecule has 0 aromatic heterocycles. The number of esters is 1. The number of anilines is 1. The van der Waals surface area contributed by atoms with Gasteiger partial charge in [0.25, 0.3) is 5.91 Å². The van der Waals surface area contributed by atoms with Crippen LogP contribution in [0.1, 0.15) is 71.6 Å². The second-order valence-electron chi connectivity index (χ2n) is 10.2. The van der Waals surface area contributed by atoms with Crippen molar-refractivity contribution >= 4 is 34.2 Å². The molecule has 0 aliphatic heterocycles. The Labute approximate surface area is 218 Å². The summed E-state index contributed by atoms with van der Waals surface area (Å²) in [7, 11) is 0. The molecule has 0 heterocycles. The van der Waals surface area contributed by atoms with Gasteiger partial charge in [0, 0.05) is 12.8 Å². The first-order chi connectivity index (χ1) is 17.7. The van der Waals surface area contributed by atoms with Gasteiger partial charge in [0.05, 0.1) is 17.7 Å². The summed E-state index contributed by atoms with van der Waals surface area (Å²) in [6.07, 6.45) is 4.56. The Morgan fingerprint density at radius 1 is 0.919 bits per heavy atom. The van der Waals surface area contributed by atoms with Crippen LogP contribution in [-0.2, 0) is 20.7 Å². The smallest absolute Gasteiger partial charge is 0.304 e. The van der Waals surface area contributed by atoms with Crippen LogP contribution in [0.5, 0.6) is 0 Å². The fourth-order valence-electron chi connectivity index (χ4n) is 5.44. The summed E-state index contributed by atoms with van der Waals surface area (Å²) in [5, 5.41) is 7.74. The second-order valence-corrected chi connectivity index (χ2v) is 10.2. The number of hydrogen-bond acceptors (Lipinski definition) is 4. The van der Waals surface area contributed by atoms with Crippen molar-refractivity contribution in [3.63, 3.8) is 0 Å². The molecule has 0 saturated heterocycles. The van der Waals surface area contributed by atoms with E-state index in [4.69, 9.17) is 4.74 Å². The van der Waals surface area contributed by atoms with Crippen LogP contribution < -0.4 is 10.6 Å². The zero-order valence-corrected chi connectivity index (χ0v) is 22.1. The van der Waals surface area contributed by atoms with Crippen LogP contribution in [0, 0.1) is 26.7 Å². The molecule has 0 unspecified atom stereocenters. The molecule has 194 valence electrons. The number of amides is 2. The number of benzene rings is 3. The molecule has 37 heavy (non-hydrogen) atoms. The standard InChI is InChI=1S/C31H36N2O4/c1-19-14-20(2)26(21(3)15-19)18-29(35)32-28-17-25-13-9-8-12-24(25)16-27(28)30(36)33-31(37-22(4)34)23-10-6-5-7-11-23/h8-9,12-17,23,31H,5-7,10-11,18H2,1-4H3,(H,32,35)(H,33,36)/t31-/m0/s1. The molecule has 1 aliphatic rings. The molecule has 2 N–H and O–H groups in total. The van der Waals surface area contributed by atoms with Crippen molar-refractivity contribution in [3.8, 4) is 0 Å². The highest BCUT2D eigenvalue weighted by molar-refractivity contribution is 6.08. The van der Waals surface area contributed by atoms with E-state index < -0.39 is 12.2 Å². The molecule has 1 saturated carbocycles. The first-order valence-electron chi connectivity index (χ1n) is 13.1. The van der Waals surface area contributed by atoms with Gasteiger partial charge in [-0.15, -0.1) is 0 Å². The largest absolute Gasteiger partial charge is 0.442 e. The summed E-state index contributed by atoms with van der Waals surface area (Å²) in [6.45, 7) is 7.43. The molecular formula is C31H36N2O4. The van der Waals surface area contributed by atoms with Crippen LogP contribution in [0.2, 0.25) is 0 Å². The van der Waals surface area contributed by atoms with Gasteiger partial charge in [-0.05, 0) is 73.2 Å². The molecule has 0 spiro atoms. The average Bonchev–Trinajstić information content (AvgIpc) is 2.85. The van der Waals surface area contributed by atoms with Crippen LogP contribution in [0.3, 0.4) is 0 Å². The van der Waals surface area contributed by atoms with Crippen molar-refractivity contribution in [2.75, 3.05) is 5.32 Å². The zero-order chi connectivity index (χ0) is 26.5. The van der Waals surface area contributed by atoms with Gasteiger partial charge >= 0.3 is 5.97 Å². The van der Waals surface area contributed by atoms with E-state index in [9.17, 15) is 14.4 Å². The summed E-state index contributed by atoms with van der Waals surface area (Å²) < 4.78 is 5.55. The Morgan fingerprint density at radius 3 is 2.16 bits per heavy atom. The molecular weight excluding hydrogens is 464 g/mol. The number of rotatable bonds is 7. The highest BCUT2D eigenvalue weighted by Gasteiger charge is 2.29. The summed E-state index contributed by atoms with van der Waals surface area (Å²) in [4.78, 5) is 38.6. The normalized spacial score (nSPS) is 14.7. The Kier molecular flexibility index (Phi) is 8.27. The van der Waals surface area contributed by atoms with Crippen LogP contribution in [-0.4, -0.2) is 24.0 Å². The minimum atomic E-state index is -0.696. The quantitative estimate of drug-likeness (QED) is 0.301. The molecule has 2 amide bonds. The van der Waals surface area contributed by atoms with Gasteiger partial charge in [0.15, 0.2) is 6.23 Å². The third-order valence-corrected chi connectivity index (χ3v) is 7.23. The lowest BCUT2D eigenvalue weighted by Gasteiger charge is -2.30. The van der Waals surface area contributed by atoms with Gasteiger partial charge in [-0.1, -0.05) is 61.2 Å². The van der Waals surface area contributed by atoms with Crippen molar-refractivity contribution in [1.29, 1.82) is 0 Å². The third-order valence-electron chi connectivity index (χ3n) is 7.23. The maximum absolute atomic E-state index is 13.6. The lowest BCUT2D eigenvalue weighted by atomic mass is 9.87. The van der Waals surface area contributed by atoms with Crippen LogP contribution in [0.25, 0.3) is 10.8 Å². The monoisotopic (exact) mass is 500 g/mol. The number of carbonyl (C=O) groups excluding carboxylic acids is 3. The fraction of sp³-hybridized carbons (Fsp3) is 0.387. The van der Waals surface area contributed by atoms with E-state index in [1.807, 2.05) is 51.1 Å². The summed E-state index contributed by atoms with van der Waals surface area (Å²) in [5.74, 6) is -0.914. The molecule has 3 aromatic rings. The highest BCUT2D eigenvalue weighted by Crippen LogP contribution is 2.29. The first-order valence-corrected chi connectivity index (χ1v) is 13.1. The van der Waals surface area contributed by atoms with Crippen molar-refractivity contribution < 1.29 is 19.1 Å². The molecule has 1 aliphatic carbocycles. The molecule has 0 bridgehead atoms. The topological polar surface area (TPSA) is 84.5 Å². The number of carbonyl (C=O) groups is 3. The van der Waals surface area contributed by atoms with Crippen molar-refractivity contribution in [3.05, 3.63) is 76.3 Å². The Bertz CT molecular complexity index is 1300. The van der Waals surface area contributed by atoms with Crippen LogP contribution >= 0.6 is 0 Å². The van der Waals surface area contributed by atoms with Gasteiger partial charge in [-0.2, -0.15) is 0 Å². The van der Waals surface area contributed by atoms with E-state index in [-0.39, 0.29) is 24.2 Å². The third kappa shape index (κ3) is 6.56. The molecule has 3 aromatic carbocycles. The molecule has 1 atom stereocenters. The molecule has 4 rings (SSSR count). The van der Waals surface area contributed by atoms with Crippen molar-refractivity contribution in [1.82, 2.24) is 5.32 Å². The Morgan fingerprint density at radius 2 is 1.54 bits per heavy atom. The maximum Gasteiger partial charge on any atom is 0.304 e. The minimum Gasteiger partial charge on any atom is -0.442 e.